The number of aromatic nitrogens is 1. The third-order valence-electron chi connectivity index (χ3n) is 3.61. The number of hydrogen-bond donors (Lipinski definition) is 1. The summed E-state index contributed by atoms with van der Waals surface area (Å²) in [6.45, 7) is 0. The lowest BCUT2D eigenvalue weighted by Gasteiger charge is -2.17. The van der Waals surface area contributed by atoms with Crippen molar-refractivity contribution in [1.29, 1.82) is 0 Å². The number of carbonyl (C=O) groups excluding carboxylic acids is 1. The maximum Gasteiger partial charge on any atom is 0.226 e. The predicted molar refractivity (Wildman–Crippen MR) is 93.1 cm³/mol. The van der Waals surface area contributed by atoms with Gasteiger partial charge in [0.15, 0.2) is 0 Å². The predicted octanol–water partition coefficient (Wildman–Crippen LogP) is 4.18. The van der Waals surface area contributed by atoms with Gasteiger partial charge in [0.2, 0.25) is 5.91 Å². The number of benzene rings is 1. The van der Waals surface area contributed by atoms with E-state index >= 15 is 0 Å². The fraction of sp³-hybridized carbons (Fsp3) is 0.167. The van der Waals surface area contributed by atoms with E-state index in [0.29, 0.717) is 6.42 Å². The molecule has 118 valence electrons. The molecular weight excluding hydrogens is 308 g/mol. The van der Waals surface area contributed by atoms with Crippen LogP contribution in [0.4, 0.5) is 5.69 Å². The molecule has 0 aliphatic heterocycles. The van der Waals surface area contributed by atoms with Crippen molar-refractivity contribution in [3.05, 3.63) is 71.2 Å². The smallest absolute Gasteiger partial charge is 0.226 e. The van der Waals surface area contributed by atoms with Gasteiger partial charge in [-0.05, 0) is 47.8 Å². The van der Waals surface area contributed by atoms with Crippen LogP contribution < -0.4 is 10.1 Å². The first-order valence-electron chi connectivity index (χ1n) is 7.36. The van der Waals surface area contributed by atoms with Crippen molar-refractivity contribution < 1.29 is 9.53 Å². The van der Waals surface area contributed by atoms with E-state index < -0.39 is 0 Å². The lowest BCUT2D eigenvalue weighted by atomic mass is 10.1. The van der Waals surface area contributed by atoms with Gasteiger partial charge in [-0.15, -0.1) is 11.3 Å². The minimum Gasteiger partial charge on any atom is -0.497 e. The topological polar surface area (TPSA) is 43.3 Å². The van der Waals surface area contributed by atoms with Crippen LogP contribution in [0.1, 0.15) is 17.3 Å². The zero-order valence-corrected chi connectivity index (χ0v) is 13.6. The number of rotatable bonds is 6. The monoisotopic (exact) mass is 326 g/mol. The van der Waals surface area contributed by atoms with Gasteiger partial charge in [-0.3, -0.25) is 4.79 Å². The number of carbonyl (C=O) groups is 1. The molecule has 0 unspecified atom stereocenters. The van der Waals surface area contributed by atoms with E-state index in [0.717, 1.165) is 11.4 Å². The molecule has 3 aromatic rings. The van der Waals surface area contributed by atoms with Crippen LogP contribution in [0, 0.1) is 0 Å². The normalized spacial score (nSPS) is 11.9. The molecule has 3 rings (SSSR count). The first kappa shape index (κ1) is 15.4. The Labute approximate surface area is 139 Å². The summed E-state index contributed by atoms with van der Waals surface area (Å²) in [5.74, 6) is 0.758. The number of hydrogen-bond acceptors (Lipinski definition) is 3. The molecule has 0 radical (unpaired) electrons. The first-order valence-corrected chi connectivity index (χ1v) is 8.24. The van der Waals surface area contributed by atoms with Crippen LogP contribution in [0.3, 0.4) is 0 Å². The van der Waals surface area contributed by atoms with Crippen LogP contribution in [0.2, 0.25) is 0 Å². The van der Waals surface area contributed by atoms with Crippen molar-refractivity contribution in [3.63, 3.8) is 0 Å². The summed E-state index contributed by atoms with van der Waals surface area (Å²) in [7, 11) is 1.62. The van der Waals surface area contributed by atoms with E-state index in [1.807, 2.05) is 60.2 Å². The summed E-state index contributed by atoms with van der Waals surface area (Å²) in [6, 6.07) is 15.4. The highest BCUT2D eigenvalue weighted by molar-refractivity contribution is 7.10. The van der Waals surface area contributed by atoms with E-state index in [-0.39, 0.29) is 11.9 Å². The second-order valence-electron chi connectivity index (χ2n) is 5.14. The molecule has 1 N–H and O–H groups in total. The molecule has 0 saturated carbocycles. The summed E-state index contributed by atoms with van der Waals surface area (Å²) >= 11 is 1.67. The molecule has 0 fully saturated rings. The number of ether oxygens (including phenoxy) is 1. The Balaban J connectivity index is 1.71. The highest BCUT2D eigenvalue weighted by atomic mass is 32.1. The van der Waals surface area contributed by atoms with E-state index in [4.69, 9.17) is 4.74 Å². The summed E-state index contributed by atoms with van der Waals surface area (Å²) < 4.78 is 7.19. The van der Waals surface area contributed by atoms with Crippen molar-refractivity contribution in [3.8, 4) is 5.75 Å². The van der Waals surface area contributed by atoms with Gasteiger partial charge in [0.05, 0.1) is 19.6 Å². The molecule has 0 saturated heterocycles. The second-order valence-corrected chi connectivity index (χ2v) is 6.12. The molecule has 23 heavy (non-hydrogen) atoms. The van der Waals surface area contributed by atoms with Gasteiger partial charge >= 0.3 is 0 Å². The van der Waals surface area contributed by atoms with Gasteiger partial charge in [0, 0.05) is 23.0 Å². The van der Waals surface area contributed by atoms with Crippen LogP contribution in [0.5, 0.6) is 5.75 Å². The molecular formula is C18H18N2O2S. The molecule has 2 aromatic heterocycles. The lowest BCUT2D eigenvalue weighted by molar-refractivity contribution is -0.116. The third-order valence-corrected chi connectivity index (χ3v) is 4.59. The molecule has 0 aliphatic rings. The van der Waals surface area contributed by atoms with E-state index in [2.05, 4.69) is 16.0 Å². The number of nitrogens with zero attached hydrogens (tertiary/aromatic N) is 1. The van der Waals surface area contributed by atoms with Gasteiger partial charge in [0.25, 0.3) is 0 Å². The second kappa shape index (κ2) is 7.15. The molecule has 1 atom stereocenters. The Morgan fingerprint density at radius 3 is 2.52 bits per heavy atom. The van der Waals surface area contributed by atoms with Crippen LogP contribution in [-0.2, 0) is 4.79 Å². The van der Waals surface area contributed by atoms with Crippen molar-refractivity contribution in [2.75, 3.05) is 12.4 Å². The van der Waals surface area contributed by atoms with Crippen molar-refractivity contribution in [2.45, 2.75) is 12.5 Å². The van der Waals surface area contributed by atoms with Crippen LogP contribution in [0.25, 0.3) is 0 Å². The highest BCUT2D eigenvalue weighted by Crippen LogP contribution is 2.27. The zero-order valence-electron chi connectivity index (χ0n) is 12.8. The van der Waals surface area contributed by atoms with Gasteiger partial charge < -0.3 is 14.6 Å². The molecule has 1 amide bonds. The Morgan fingerprint density at radius 1 is 1.17 bits per heavy atom. The average molecular weight is 326 g/mol. The SMILES string of the molecule is COc1ccc(NC(=O)C[C@@H](c2cccs2)n2cccc2)cc1. The Morgan fingerprint density at radius 2 is 1.91 bits per heavy atom. The lowest BCUT2D eigenvalue weighted by Crippen LogP contribution is -2.19. The Kier molecular flexibility index (Phi) is 4.78. The molecule has 0 bridgehead atoms. The average Bonchev–Trinajstić information content (AvgIpc) is 3.27. The van der Waals surface area contributed by atoms with E-state index in [1.165, 1.54) is 4.88 Å². The van der Waals surface area contributed by atoms with Crippen molar-refractivity contribution >= 4 is 22.9 Å². The molecule has 1 aromatic carbocycles. The zero-order chi connectivity index (χ0) is 16.1. The number of anilines is 1. The maximum atomic E-state index is 12.4. The van der Waals surface area contributed by atoms with E-state index in [1.54, 1.807) is 18.4 Å². The number of thiophene rings is 1. The summed E-state index contributed by atoms with van der Waals surface area (Å²) in [5.41, 5.74) is 0.772. The van der Waals surface area contributed by atoms with Crippen molar-refractivity contribution in [2.24, 2.45) is 0 Å². The van der Waals surface area contributed by atoms with E-state index in [9.17, 15) is 4.79 Å². The molecule has 4 nitrogen and oxygen atoms in total. The summed E-state index contributed by atoms with van der Waals surface area (Å²) in [4.78, 5) is 13.6. The Bertz CT molecular complexity index is 700. The molecule has 5 heteroatoms. The van der Waals surface area contributed by atoms with Gasteiger partial charge in [-0.1, -0.05) is 6.07 Å². The molecule has 0 spiro atoms. The minimum absolute atomic E-state index is 0.0118. The van der Waals surface area contributed by atoms with Crippen LogP contribution in [-0.4, -0.2) is 17.6 Å². The fourth-order valence-corrected chi connectivity index (χ4v) is 3.28. The van der Waals surface area contributed by atoms with Crippen LogP contribution in [0.15, 0.2) is 66.3 Å². The van der Waals surface area contributed by atoms with Crippen molar-refractivity contribution in [1.82, 2.24) is 4.57 Å². The number of methoxy groups -OCH3 is 1. The Hall–Kier alpha value is -2.53. The van der Waals surface area contributed by atoms with Gasteiger partial charge in [-0.2, -0.15) is 0 Å². The molecule has 2 heterocycles. The van der Waals surface area contributed by atoms with Gasteiger partial charge in [-0.25, -0.2) is 0 Å². The maximum absolute atomic E-state index is 12.4. The quantitative estimate of drug-likeness (QED) is 0.738. The molecule has 0 aliphatic carbocycles. The summed E-state index contributed by atoms with van der Waals surface area (Å²) in [6.07, 6.45) is 4.37. The fourth-order valence-electron chi connectivity index (χ4n) is 2.45. The van der Waals surface area contributed by atoms with Gasteiger partial charge in [0.1, 0.15) is 5.75 Å². The summed E-state index contributed by atoms with van der Waals surface area (Å²) in [5, 5.41) is 4.98. The number of nitrogens with one attached hydrogen (secondary N) is 1. The largest absolute Gasteiger partial charge is 0.497 e. The minimum atomic E-state index is -0.0118. The third kappa shape index (κ3) is 3.81. The highest BCUT2D eigenvalue weighted by Gasteiger charge is 2.18. The first-order chi connectivity index (χ1) is 11.3. The standard InChI is InChI=1S/C18H18N2O2S/c1-22-15-8-6-14(7-9-15)19-18(21)13-16(17-5-4-12-23-17)20-10-2-3-11-20/h2-12,16H,13H2,1H3,(H,19,21)/t16-/m0/s1. The van der Waals surface area contributed by atoms with Crippen LogP contribution >= 0.6 is 11.3 Å². The number of amides is 1.